The SMILES string of the molecule is CCCCC(C)(CCCC)C(CCCC)(CCCC)c1ccc(OCC(=O)O)cc1. The lowest BCUT2D eigenvalue weighted by Crippen LogP contribution is -2.44. The lowest BCUT2D eigenvalue weighted by molar-refractivity contribution is -0.139. The van der Waals surface area contributed by atoms with E-state index in [9.17, 15) is 4.79 Å². The molecule has 0 bridgehead atoms. The van der Waals surface area contributed by atoms with Crippen LogP contribution in [0.25, 0.3) is 0 Å². The number of carbonyl (C=O) groups is 1. The summed E-state index contributed by atoms with van der Waals surface area (Å²) in [7, 11) is 0. The number of hydrogen-bond acceptors (Lipinski definition) is 2. The summed E-state index contributed by atoms with van der Waals surface area (Å²) < 4.78 is 5.41. The molecular formula is C27H46O3. The molecule has 0 radical (unpaired) electrons. The molecule has 1 aromatic carbocycles. The summed E-state index contributed by atoms with van der Waals surface area (Å²) >= 11 is 0. The molecule has 1 rings (SSSR count). The fourth-order valence-electron chi connectivity index (χ4n) is 5.08. The van der Waals surface area contributed by atoms with E-state index >= 15 is 0 Å². The fraction of sp³-hybridized carbons (Fsp3) is 0.741. The van der Waals surface area contributed by atoms with E-state index in [1.165, 1.54) is 82.6 Å². The normalized spacial score (nSPS) is 12.2. The lowest BCUT2D eigenvalue weighted by Gasteiger charge is -2.51. The number of carboxylic acids is 1. The third-order valence-electron chi connectivity index (χ3n) is 7.00. The molecule has 0 fully saturated rings. The Morgan fingerprint density at radius 3 is 1.63 bits per heavy atom. The van der Waals surface area contributed by atoms with E-state index in [0.717, 1.165) is 0 Å². The van der Waals surface area contributed by atoms with Gasteiger partial charge in [0, 0.05) is 5.41 Å². The summed E-state index contributed by atoms with van der Waals surface area (Å²) in [6.45, 7) is 11.5. The van der Waals surface area contributed by atoms with Gasteiger partial charge < -0.3 is 9.84 Å². The van der Waals surface area contributed by atoms with Crippen LogP contribution in [0.1, 0.15) is 117 Å². The molecule has 0 unspecified atom stereocenters. The highest BCUT2D eigenvalue weighted by atomic mass is 16.5. The van der Waals surface area contributed by atoms with Crippen molar-refractivity contribution >= 4 is 5.97 Å². The van der Waals surface area contributed by atoms with Crippen LogP contribution in [-0.4, -0.2) is 17.7 Å². The molecule has 0 spiro atoms. The standard InChI is InChI=1S/C27H46O3/c1-6-10-18-26(5,19-11-7-2)27(20-12-8-3,21-13-9-4)23-14-16-24(17-15-23)30-22-25(28)29/h14-17H,6-13,18-22H2,1-5H3,(H,28,29). The predicted molar refractivity (Wildman–Crippen MR) is 127 cm³/mol. The molecule has 3 nitrogen and oxygen atoms in total. The molecule has 0 aliphatic carbocycles. The second kappa shape index (κ2) is 13.7. The number of ether oxygens (including phenoxy) is 1. The smallest absolute Gasteiger partial charge is 0.341 e. The summed E-state index contributed by atoms with van der Waals surface area (Å²) in [5, 5.41) is 8.90. The quantitative estimate of drug-likeness (QED) is 0.277. The second-order valence-corrected chi connectivity index (χ2v) is 9.26. The average molecular weight is 419 g/mol. The van der Waals surface area contributed by atoms with Gasteiger partial charge in [0.05, 0.1) is 0 Å². The van der Waals surface area contributed by atoms with Gasteiger partial charge in [-0.3, -0.25) is 0 Å². The summed E-state index contributed by atoms with van der Waals surface area (Å²) in [5.41, 5.74) is 1.85. The zero-order chi connectivity index (χ0) is 22.5. The third kappa shape index (κ3) is 7.32. The number of benzene rings is 1. The Hall–Kier alpha value is -1.51. The van der Waals surface area contributed by atoms with Gasteiger partial charge in [0.25, 0.3) is 0 Å². The van der Waals surface area contributed by atoms with Gasteiger partial charge in [0.2, 0.25) is 0 Å². The number of aliphatic carboxylic acids is 1. The highest BCUT2D eigenvalue weighted by Crippen LogP contribution is 2.54. The second-order valence-electron chi connectivity index (χ2n) is 9.26. The zero-order valence-corrected chi connectivity index (χ0v) is 20.3. The van der Waals surface area contributed by atoms with Crippen LogP contribution in [-0.2, 0) is 10.2 Å². The van der Waals surface area contributed by atoms with Crippen molar-refractivity contribution in [1.82, 2.24) is 0 Å². The maximum absolute atomic E-state index is 10.8. The zero-order valence-electron chi connectivity index (χ0n) is 20.3. The van der Waals surface area contributed by atoms with Gasteiger partial charge in [-0.05, 0) is 48.8 Å². The molecule has 3 heteroatoms. The summed E-state index contributed by atoms with van der Waals surface area (Å²) in [4.78, 5) is 10.8. The molecule has 0 aliphatic rings. The number of rotatable bonds is 17. The Morgan fingerprint density at radius 1 is 0.800 bits per heavy atom. The van der Waals surface area contributed by atoms with Crippen molar-refractivity contribution in [3.05, 3.63) is 29.8 Å². The van der Waals surface area contributed by atoms with E-state index in [4.69, 9.17) is 9.84 Å². The molecule has 172 valence electrons. The van der Waals surface area contributed by atoms with Gasteiger partial charge >= 0.3 is 5.97 Å². The van der Waals surface area contributed by atoms with Gasteiger partial charge in [-0.1, -0.05) is 98.1 Å². The molecule has 0 heterocycles. The Balaban J connectivity index is 3.42. The molecule has 0 aliphatic heterocycles. The first-order valence-corrected chi connectivity index (χ1v) is 12.3. The Bertz CT molecular complexity index is 575. The van der Waals surface area contributed by atoms with Crippen molar-refractivity contribution in [2.75, 3.05) is 6.61 Å². The molecule has 0 amide bonds. The number of unbranched alkanes of at least 4 members (excludes halogenated alkanes) is 4. The monoisotopic (exact) mass is 418 g/mol. The van der Waals surface area contributed by atoms with E-state index in [0.29, 0.717) is 5.75 Å². The maximum atomic E-state index is 10.8. The fourth-order valence-corrected chi connectivity index (χ4v) is 5.08. The van der Waals surface area contributed by atoms with Crippen LogP contribution in [0.5, 0.6) is 5.75 Å². The number of hydrogen-bond donors (Lipinski definition) is 1. The molecule has 0 aromatic heterocycles. The van der Waals surface area contributed by atoms with Gasteiger partial charge in [0.1, 0.15) is 5.75 Å². The summed E-state index contributed by atoms with van der Waals surface area (Å²) in [6, 6.07) is 8.40. The summed E-state index contributed by atoms with van der Waals surface area (Å²) in [6.07, 6.45) is 14.9. The first kappa shape index (κ1) is 26.5. The molecule has 0 saturated carbocycles. The van der Waals surface area contributed by atoms with Crippen LogP contribution >= 0.6 is 0 Å². The largest absolute Gasteiger partial charge is 0.482 e. The van der Waals surface area contributed by atoms with Crippen molar-refractivity contribution < 1.29 is 14.6 Å². The average Bonchev–Trinajstić information content (AvgIpc) is 2.75. The maximum Gasteiger partial charge on any atom is 0.341 e. The van der Waals surface area contributed by atoms with Crippen molar-refractivity contribution in [2.24, 2.45) is 5.41 Å². The van der Waals surface area contributed by atoms with Crippen LogP contribution in [0.3, 0.4) is 0 Å². The molecule has 0 saturated heterocycles. The Morgan fingerprint density at radius 2 is 1.23 bits per heavy atom. The lowest BCUT2D eigenvalue weighted by atomic mass is 9.53. The van der Waals surface area contributed by atoms with Gasteiger partial charge in [-0.15, -0.1) is 0 Å². The van der Waals surface area contributed by atoms with Crippen molar-refractivity contribution in [3.8, 4) is 5.75 Å². The molecule has 1 aromatic rings. The van der Waals surface area contributed by atoms with Crippen LogP contribution in [0.2, 0.25) is 0 Å². The minimum Gasteiger partial charge on any atom is -0.482 e. The van der Waals surface area contributed by atoms with Crippen molar-refractivity contribution in [3.63, 3.8) is 0 Å². The van der Waals surface area contributed by atoms with Crippen LogP contribution < -0.4 is 4.74 Å². The Labute approximate surface area is 185 Å². The van der Waals surface area contributed by atoms with Gasteiger partial charge in [-0.2, -0.15) is 0 Å². The van der Waals surface area contributed by atoms with Crippen LogP contribution in [0, 0.1) is 5.41 Å². The molecule has 0 atom stereocenters. The summed E-state index contributed by atoms with van der Waals surface area (Å²) in [5.74, 6) is -0.295. The van der Waals surface area contributed by atoms with Crippen LogP contribution in [0.15, 0.2) is 24.3 Å². The highest BCUT2D eigenvalue weighted by Gasteiger charge is 2.47. The minimum atomic E-state index is -0.939. The van der Waals surface area contributed by atoms with Crippen LogP contribution in [0.4, 0.5) is 0 Å². The molecule has 1 N–H and O–H groups in total. The van der Waals surface area contributed by atoms with E-state index in [-0.39, 0.29) is 17.4 Å². The highest BCUT2D eigenvalue weighted by molar-refractivity contribution is 5.68. The molecular weight excluding hydrogens is 372 g/mol. The van der Waals surface area contributed by atoms with E-state index in [1.807, 2.05) is 12.1 Å². The minimum absolute atomic E-state index is 0.161. The van der Waals surface area contributed by atoms with E-state index in [2.05, 4.69) is 46.8 Å². The van der Waals surface area contributed by atoms with E-state index in [1.54, 1.807) is 0 Å². The Kier molecular flexibility index (Phi) is 12.1. The van der Waals surface area contributed by atoms with Gasteiger partial charge in [0.15, 0.2) is 6.61 Å². The van der Waals surface area contributed by atoms with E-state index < -0.39 is 5.97 Å². The predicted octanol–water partition coefficient (Wildman–Crippen LogP) is 8.15. The van der Waals surface area contributed by atoms with Gasteiger partial charge in [-0.25, -0.2) is 4.79 Å². The molecule has 30 heavy (non-hydrogen) atoms. The first-order valence-electron chi connectivity index (χ1n) is 12.3. The topological polar surface area (TPSA) is 46.5 Å². The number of carboxylic acid groups (broad SMARTS) is 1. The first-order chi connectivity index (χ1) is 14.4. The van der Waals surface area contributed by atoms with Crippen molar-refractivity contribution in [2.45, 2.75) is 117 Å². The van der Waals surface area contributed by atoms with Crippen molar-refractivity contribution in [1.29, 1.82) is 0 Å². The third-order valence-corrected chi connectivity index (χ3v) is 7.00.